The lowest BCUT2D eigenvalue weighted by Crippen LogP contribution is -2.41. The van der Waals surface area contributed by atoms with Crippen LogP contribution in [0.4, 0.5) is 10.5 Å². The number of urea groups is 1. The molecular formula is C17H27N3O. The van der Waals surface area contributed by atoms with E-state index in [1.807, 2.05) is 36.2 Å². The molecular weight excluding hydrogens is 262 g/mol. The number of hydrogen-bond acceptors (Lipinski definition) is 2. The van der Waals surface area contributed by atoms with Crippen LogP contribution in [-0.2, 0) is 6.54 Å². The predicted molar refractivity (Wildman–Crippen MR) is 87.2 cm³/mol. The molecule has 1 aliphatic carbocycles. The molecule has 2 amide bonds. The van der Waals surface area contributed by atoms with Crippen molar-refractivity contribution in [3.63, 3.8) is 0 Å². The minimum atomic E-state index is -0.0240. The minimum absolute atomic E-state index is 0.0240. The van der Waals surface area contributed by atoms with E-state index >= 15 is 0 Å². The van der Waals surface area contributed by atoms with Gasteiger partial charge in [-0.1, -0.05) is 25.5 Å². The van der Waals surface area contributed by atoms with Gasteiger partial charge < -0.3 is 16.0 Å². The Kier molecular flexibility index (Phi) is 5.62. The zero-order chi connectivity index (χ0) is 15.2. The van der Waals surface area contributed by atoms with Gasteiger partial charge in [0.25, 0.3) is 0 Å². The van der Waals surface area contributed by atoms with Crippen LogP contribution in [0.5, 0.6) is 0 Å². The van der Waals surface area contributed by atoms with Crippen molar-refractivity contribution < 1.29 is 4.79 Å². The Morgan fingerprint density at radius 1 is 1.33 bits per heavy atom. The van der Waals surface area contributed by atoms with E-state index in [1.54, 1.807) is 0 Å². The second-order valence-corrected chi connectivity index (χ2v) is 6.03. The Morgan fingerprint density at radius 2 is 2.05 bits per heavy atom. The van der Waals surface area contributed by atoms with E-state index in [1.165, 1.54) is 19.3 Å². The first-order valence-corrected chi connectivity index (χ1v) is 7.96. The van der Waals surface area contributed by atoms with Crippen LogP contribution >= 0.6 is 0 Å². The summed E-state index contributed by atoms with van der Waals surface area (Å²) in [6.45, 7) is 2.74. The van der Waals surface area contributed by atoms with Gasteiger partial charge in [0.2, 0.25) is 0 Å². The van der Waals surface area contributed by atoms with E-state index in [2.05, 4.69) is 12.2 Å². The topological polar surface area (TPSA) is 58.4 Å². The third kappa shape index (κ3) is 4.21. The fourth-order valence-electron chi connectivity index (χ4n) is 3.09. The number of anilines is 1. The average molecular weight is 289 g/mol. The molecule has 1 aromatic carbocycles. The van der Waals surface area contributed by atoms with Gasteiger partial charge in [-0.15, -0.1) is 0 Å². The highest BCUT2D eigenvalue weighted by molar-refractivity contribution is 5.89. The van der Waals surface area contributed by atoms with E-state index in [-0.39, 0.29) is 6.03 Å². The molecule has 0 saturated heterocycles. The molecule has 0 unspecified atom stereocenters. The van der Waals surface area contributed by atoms with Gasteiger partial charge in [0.05, 0.1) is 0 Å². The normalized spacial score (nSPS) is 21.9. The highest BCUT2D eigenvalue weighted by atomic mass is 16.2. The van der Waals surface area contributed by atoms with Crippen LogP contribution in [0.2, 0.25) is 0 Å². The number of carbonyl (C=O) groups excluding carboxylic acids is 1. The minimum Gasteiger partial charge on any atom is -0.326 e. The molecule has 3 N–H and O–H groups in total. The first-order valence-electron chi connectivity index (χ1n) is 7.96. The third-order valence-corrected chi connectivity index (χ3v) is 4.68. The Labute approximate surface area is 127 Å². The summed E-state index contributed by atoms with van der Waals surface area (Å²) in [5, 5.41) is 2.97. The molecule has 0 atom stereocenters. The molecule has 0 radical (unpaired) electrons. The quantitative estimate of drug-likeness (QED) is 0.890. The van der Waals surface area contributed by atoms with Gasteiger partial charge >= 0.3 is 6.03 Å². The first-order chi connectivity index (χ1) is 10.1. The first kappa shape index (κ1) is 15.8. The van der Waals surface area contributed by atoms with Gasteiger partial charge in [0.1, 0.15) is 0 Å². The number of nitrogens with two attached hydrogens (primary N) is 1. The molecule has 4 nitrogen and oxygen atoms in total. The molecule has 1 aromatic rings. The van der Waals surface area contributed by atoms with Crippen LogP contribution in [0.3, 0.4) is 0 Å². The maximum absolute atomic E-state index is 12.3. The molecule has 2 rings (SSSR count). The van der Waals surface area contributed by atoms with Crippen LogP contribution in [-0.4, -0.2) is 24.0 Å². The predicted octanol–water partition coefficient (Wildman–Crippen LogP) is 3.58. The van der Waals surface area contributed by atoms with Crippen LogP contribution in [0.1, 0.15) is 44.6 Å². The molecule has 1 saturated carbocycles. The van der Waals surface area contributed by atoms with Crippen molar-refractivity contribution in [2.24, 2.45) is 11.7 Å². The van der Waals surface area contributed by atoms with Crippen LogP contribution in [0.25, 0.3) is 0 Å². The van der Waals surface area contributed by atoms with Crippen LogP contribution < -0.4 is 11.1 Å². The van der Waals surface area contributed by atoms with E-state index in [0.29, 0.717) is 12.6 Å². The number of nitrogens with one attached hydrogen (secondary N) is 1. The smallest absolute Gasteiger partial charge is 0.321 e. The van der Waals surface area contributed by atoms with E-state index < -0.39 is 0 Å². The summed E-state index contributed by atoms with van der Waals surface area (Å²) in [6.07, 6.45) is 5.97. The summed E-state index contributed by atoms with van der Waals surface area (Å²) in [5.74, 6) is 0.846. The number of amides is 2. The fraction of sp³-hybridized carbons (Fsp3) is 0.588. The van der Waals surface area contributed by atoms with Crippen LogP contribution in [0, 0.1) is 5.92 Å². The molecule has 1 fully saturated rings. The van der Waals surface area contributed by atoms with Gasteiger partial charge in [-0.25, -0.2) is 4.79 Å². The van der Waals surface area contributed by atoms with E-state index in [9.17, 15) is 4.79 Å². The lowest BCUT2D eigenvalue weighted by molar-refractivity contribution is 0.170. The van der Waals surface area contributed by atoms with Crippen molar-refractivity contribution in [1.82, 2.24) is 4.90 Å². The molecule has 1 aliphatic rings. The Morgan fingerprint density at radius 3 is 2.67 bits per heavy atom. The lowest BCUT2D eigenvalue weighted by Gasteiger charge is -2.34. The number of carbonyl (C=O) groups is 1. The standard InChI is InChI=1S/C17H27N3O/c1-3-13-7-9-16(10-8-13)20(2)17(21)19-15-6-4-5-14(11-15)12-18/h4-6,11,13,16H,3,7-10,12,18H2,1-2H3,(H,19,21). The SMILES string of the molecule is CCC1CCC(N(C)C(=O)Nc2cccc(CN)c2)CC1. The van der Waals surface area contributed by atoms with Crippen molar-refractivity contribution in [3.8, 4) is 0 Å². The van der Waals surface area contributed by atoms with Crippen molar-refractivity contribution in [1.29, 1.82) is 0 Å². The fourth-order valence-corrected chi connectivity index (χ4v) is 3.09. The zero-order valence-electron chi connectivity index (χ0n) is 13.1. The molecule has 116 valence electrons. The second-order valence-electron chi connectivity index (χ2n) is 6.03. The summed E-state index contributed by atoms with van der Waals surface area (Å²) < 4.78 is 0. The monoisotopic (exact) mass is 289 g/mol. The summed E-state index contributed by atoms with van der Waals surface area (Å²) in [4.78, 5) is 14.2. The van der Waals surface area contributed by atoms with E-state index in [0.717, 1.165) is 30.0 Å². The average Bonchev–Trinajstić information content (AvgIpc) is 2.54. The number of nitrogens with zero attached hydrogens (tertiary/aromatic N) is 1. The number of hydrogen-bond donors (Lipinski definition) is 2. The summed E-state index contributed by atoms with van der Waals surface area (Å²) in [7, 11) is 1.90. The van der Waals surface area contributed by atoms with Crippen molar-refractivity contribution in [2.45, 2.75) is 51.6 Å². The highest BCUT2D eigenvalue weighted by Crippen LogP contribution is 2.29. The Balaban J connectivity index is 1.90. The largest absolute Gasteiger partial charge is 0.326 e. The lowest BCUT2D eigenvalue weighted by atomic mass is 9.84. The van der Waals surface area contributed by atoms with Crippen molar-refractivity contribution in [3.05, 3.63) is 29.8 Å². The Bertz CT molecular complexity index is 467. The second kappa shape index (κ2) is 7.46. The van der Waals surface area contributed by atoms with Crippen molar-refractivity contribution in [2.75, 3.05) is 12.4 Å². The Hall–Kier alpha value is -1.55. The van der Waals surface area contributed by atoms with Gasteiger partial charge in [-0.05, 0) is 49.3 Å². The molecule has 0 spiro atoms. The summed E-state index contributed by atoms with van der Waals surface area (Å²) in [5.41, 5.74) is 7.47. The van der Waals surface area contributed by atoms with Gasteiger partial charge in [0, 0.05) is 25.3 Å². The highest BCUT2D eigenvalue weighted by Gasteiger charge is 2.25. The molecule has 0 bridgehead atoms. The van der Waals surface area contributed by atoms with Crippen molar-refractivity contribution >= 4 is 11.7 Å². The van der Waals surface area contributed by atoms with Crippen LogP contribution in [0.15, 0.2) is 24.3 Å². The molecule has 0 aromatic heterocycles. The molecule has 0 heterocycles. The van der Waals surface area contributed by atoms with Gasteiger partial charge in [-0.3, -0.25) is 0 Å². The number of rotatable bonds is 4. The molecule has 4 heteroatoms. The zero-order valence-corrected chi connectivity index (χ0v) is 13.1. The maximum atomic E-state index is 12.3. The summed E-state index contributed by atoms with van der Waals surface area (Å²) >= 11 is 0. The maximum Gasteiger partial charge on any atom is 0.321 e. The number of benzene rings is 1. The molecule has 21 heavy (non-hydrogen) atoms. The van der Waals surface area contributed by atoms with Gasteiger partial charge in [-0.2, -0.15) is 0 Å². The van der Waals surface area contributed by atoms with Gasteiger partial charge in [0.15, 0.2) is 0 Å². The van der Waals surface area contributed by atoms with E-state index in [4.69, 9.17) is 5.73 Å². The molecule has 0 aliphatic heterocycles. The summed E-state index contributed by atoms with van der Waals surface area (Å²) in [6, 6.07) is 8.06. The third-order valence-electron chi connectivity index (χ3n) is 4.68.